The molecule has 0 N–H and O–H groups in total. The average molecular weight is 599 g/mol. The molecule has 0 saturated heterocycles. The van der Waals surface area contributed by atoms with Crippen molar-refractivity contribution in [3.8, 4) is 44.5 Å². The van der Waals surface area contributed by atoms with Crippen LogP contribution in [0.5, 0.6) is 0 Å². The van der Waals surface area contributed by atoms with E-state index >= 15 is 0 Å². The standard InChI is InChI=1S/C45H30N2/c1-29-16-17-31-26-32(19-18-30(31)25-29)44-38-12-4-6-14-40(38)45(41-15-7-5-13-39(41)44)42-21-20-37(35-10-2-3-11-36(35)42)43-28-47-24-22-34(43)33-9-8-23-46-27-33/h2-28H,1H3. The van der Waals surface area contributed by atoms with E-state index in [9.17, 15) is 0 Å². The Morgan fingerprint density at radius 3 is 1.66 bits per heavy atom. The van der Waals surface area contributed by atoms with Crippen LogP contribution in [-0.2, 0) is 0 Å². The van der Waals surface area contributed by atoms with Crippen molar-refractivity contribution < 1.29 is 0 Å². The third-order valence-electron chi connectivity index (χ3n) is 9.49. The van der Waals surface area contributed by atoms with Gasteiger partial charge in [-0.05, 0) is 102 Å². The summed E-state index contributed by atoms with van der Waals surface area (Å²) in [5.41, 5.74) is 10.7. The van der Waals surface area contributed by atoms with Crippen LogP contribution in [0.4, 0.5) is 0 Å². The van der Waals surface area contributed by atoms with E-state index in [1.807, 2.05) is 30.9 Å². The third-order valence-corrected chi connectivity index (χ3v) is 9.49. The van der Waals surface area contributed by atoms with Crippen LogP contribution < -0.4 is 0 Å². The van der Waals surface area contributed by atoms with Crippen LogP contribution in [0.2, 0.25) is 0 Å². The van der Waals surface area contributed by atoms with E-state index in [2.05, 4.69) is 150 Å². The van der Waals surface area contributed by atoms with Crippen LogP contribution in [0.3, 0.4) is 0 Å². The molecule has 0 aliphatic rings. The maximum atomic E-state index is 4.56. The maximum Gasteiger partial charge on any atom is 0.0352 e. The fourth-order valence-electron chi connectivity index (χ4n) is 7.39. The summed E-state index contributed by atoms with van der Waals surface area (Å²) >= 11 is 0. The second-order valence-electron chi connectivity index (χ2n) is 12.3. The van der Waals surface area contributed by atoms with Gasteiger partial charge < -0.3 is 0 Å². The Hall–Kier alpha value is -6.12. The number of fused-ring (bicyclic) bond motifs is 4. The number of hydrogen-bond donors (Lipinski definition) is 0. The lowest BCUT2D eigenvalue weighted by Crippen LogP contribution is -1.93. The van der Waals surface area contributed by atoms with Crippen molar-refractivity contribution in [1.29, 1.82) is 0 Å². The lowest BCUT2D eigenvalue weighted by molar-refractivity contribution is 1.30. The zero-order chi connectivity index (χ0) is 31.3. The maximum absolute atomic E-state index is 4.56. The van der Waals surface area contributed by atoms with Gasteiger partial charge in [0.2, 0.25) is 0 Å². The number of hydrogen-bond acceptors (Lipinski definition) is 2. The van der Waals surface area contributed by atoms with Gasteiger partial charge in [0, 0.05) is 35.9 Å². The molecule has 2 nitrogen and oxygen atoms in total. The van der Waals surface area contributed by atoms with Crippen molar-refractivity contribution in [1.82, 2.24) is 9.97 Å². The summed E-state index contributed by atoms with van der Waals surface area (Å²) in [5, 5.41) is 9.96. The SMILES string of the molecule is Cc1ccc2cc(-c3c4ccccc4c(-c4ccc(-c5cnccc5-c5cccnc5)c5ccccc45)c4ccccc34)ccc2c1. The number of aromatic nitrogens is 2. The van der Waals surface area contributed by atoms with E-state index in [4.69, 9.17) is 0 Å². The van der Waals surface area contributed by atoms with E-state index in [0.717, 1.165) is 22.3 Å². The highest BCUT2D eigenvalue weighted by molar-refractivity contribution is 6.24. The van der Waals surface area contributed by atoms with Gasteiger partial charge in [-0.15, -0.1) is 0 Å². The third kappa shape index (κ3) is 4.49. The number of pyridine rings is 2. The Kier molecular flexibility index (Phi) is 6.39. The summed E-state index contributed by atoms with van der Waals surface area (Å²) in [6.07, 6.45) is 7.58. The zero-order valence-electron chi connectivity index (χ0n) is 26.0. The highest BCUT2D eigenvalue weighted by Gasteiger charge is 2.20. The topological polar surface area (TPSA) is 25.8 Å². The van der Waals surface area contributed by atoms with Crippen molar-refractivity contribution in [2.45, 2.75) is 6.92 Å². The van der Waals surface area contributed by atoms with Gasteiger partial charge in [-0.2, -0.15) is 0 Å². The molecule has 2 heterocycles. The Morgan fingerprint density at radius 1 is 0.362 bits per heavy atom. The van der Waals surface area contributed by atoms with Crippen molar-refractivity contribution in [3.63, 3.8) is 0 Å². The van der Waals surface area contributed by atoms with Crippen molar-refractivity contribution >= 4 is 43.1 Å². The first-order valence-electron chi connectivity index (χ1n) is 16.1. The molecule has 9 rings (SSSR count). The lowest BCUT2D eigenvalue weighted by atomic mass is 9.83. The van der Waals surface area contributed by atoms with E-state index in [0.29, 0.717) is 0 Å². The molecular weight excluding hydrogens is 569 g/mol. The predicted molar refractivity (Wildman–Crippen MR) is 199 cm³/mol. The molecule has 0 fully saturated rings. The minimum absolute atomic E-state index is 1.08. The van der Waals surface area contributed by atoms with Gasteiger partial charge in [0.1, 0.15) is 0 Å². The molecule has 0 aliphatic carbocycles. The van der Waals surface area contributed by atoms with Crippen LogP contribution in [0.15, 0.2) is 164 Å². The molecule has 47 heavy (non-hydrogen) atoms. The van der Waals surface area contributed by atoms with Crippen LogP contribution in [0.1, 0.15) is 5.56 Å². The molecule has 0 saturated carbocycles. The van der Waals surface area contributed by atoms with E-state index in [1.54, 1.807) is 0 Å². The molecule has 0 aliphatic heterocycles. The normalized spacial score (nSPS) is 11.5. The van der Waals surface area contributed by atoms with E-state index in [-0.39, 0.29) is 0 Å². The summed E-state index contributed by atoms with van der Waals surface area (Å²) in [6.45, 7) is 2.15. The molecule has 0 bridgehead atoms. The summed E-state index contributed by atoms with van der Waals surface area (Å²) in [6, 6.07) is 51.0. The van der Waals surface area contributed by atoms with Crippen molar-refractivity contribution in [2.24, 2.45) is 0 Å². The smallest absolute Gasteiger partial charge is 0.0352 e. The molecule has 2 heteroatoms. The minimum atomic E-state index is 1.08. The highest BCUT2D eigenvalue weighted by Crippen LogP contribution is 2.47. The quantitative estimate of drug-likeness (QED) is 0.188. The molecule has 220 valence electrons. The predicted octanol–water partition coefficient (Wildman–Crippen LogP) is 12.1. The van der Waals surface area contributed by atoms with E-state index in [1.165, 1.54) is 70.9 Å². The number of aryl methyl sites for hydroxylation is 1. The highest BCUT2D eigenvalue weighted by atomic mass is 14.6. The summed E-state index contributed by atoms with van der Waals surface area (Å²) < 4.78 is 0. The first kappa shape index (κ1) is 27.2. The molecule has 9 aromatic rings. The fourth-order valence-corrected chi connectivity index (χ4v) is 7.39. The summed E-state index contributed by atoms with van der Waals surface area (Å²) in [5.74, 6) is 0. The minimum Gasteiger partial charge on any atom is -0.264 e. The molecule has 7 aromatic carbocycles. The second-order valence-corrected chi connectivity index (χ2v) is 12.3. The number of nitrogens with zero attached hydrogens (tertiary/aromatic N) is 2. The monoisotopic (exact) mass is 598 g/mol. The van der Waals surface area contributed by atoms with Crippen molar-refractivity contribution in [3.05, 3.63) is 170 Å². The van der Waals surface area contributed by atoms with Crippen LogP contribution in [0.25, 0.3) is 87.6 Å². The molecule has 0 atom stereocenters. The number of rotatable bonds is 4. The molecule has 0 spiro atoms. The Bertz CT molecular complexity index is 2580. The Balaban J connectivity index is 1.33. The summed E-state index contributed by atoms with van der Waals surface area (Å²) in [4.78, 5) is 8.95. The summed E-state index contributed by atoms with van der Waals surface area (Å²) in [7, 11) is 0. The van der Waals surface area contributed by atoms with Crippen molar-refractivity contribution in [2.75, 3.05) is 0 Å². The van der Waals surface area contributed by atoms with Gasteiger partial charge in [0.05, 0.1) is 0 Å². The van der Waals surface area contributed by atoms with Gasteiger partial charge in [0.15, 0.2) is 0 Å². The average Bonchev–Trinajstić information content (AvgIpc) is 3.14. The molecule has 0 amide bonds. The van der Waals surface area contributed by atoms with Gasteiger partial charge >= 0.3 is 0 Å². The van der Waals surface area contributed by atoms with Gasteiger partial charge in [0.25, 0.3) is 0 Å². The second kappa shape index (κ2) is 11.0. The van der Waals surface area contributed by atoms with Crippen LogP contribution >= 0.6 is 0 Å². The van der Waals surface area contributed by atoms with Crippen LogP contribution in [-0.4, -0.2) is 9.97 Å². The lowest BCUT2D eigenvalue weighted by Gasteiger charge is -2.20. The first-order chi connectivity index (χ1) is 23.2. The van der Waals surface area contributed by atoms with Crippen LogP contribution in [0, 0.1) is 6.92 Å². The zero-order valence-corrected chi connectivity index (χ0v) is 26.0. The molecule has 0 unspecified atom stereocenters. The fraction of sp³-hybridized carbons (Fsp3) is 0.0222. The molecular formula is C45H30N2. The first-order valence-corrected chi connectivity index (χ1v) is 16.1. The Morgan fingerprint density at radius 2 is 0.957 bits per heavy atom. The molecule has 0 radical (unpaired) electrons. The van der Waals surface area contributed by atoms with E-state index < -0.39 is 0 Å². The van der Waals surface area contributed by atoms with Gasteiger partial charge in [-0.1, -0.05) is 127 Å². The largest absolute Gasteiger partial charge is 0.264 e. The Labute approximate surface area is 273 Å². The number of benzene rings is 7. The van der Waals surface area contributed by atoms with Gasteiger partial charge in [-0.3, -0.25) is 9.97 Å². The molecule has 2 aromatic heterocycles. The van der Waals surface area contributed by atoms with Gasteiger partial charge in [-0.25, -0.2) is 0 Å².